The third-order valence-electron chi connectivity index (χ3n) is 2.74. The van der Waals surface area contributed by atoms with Gasteiger partial charge in [0.25, 0.3) is 0 Å². The Balaban J connectivity index is 2.11. The second kappa shape index (κ2) is 5.44. The number of imidazole rings is 1. The molecule has 0 aliphatic carbocycles. The number of carboxylic acid groups (broad SMARTS) is 1. The van der Waals surface area contributed by atoms with Crippen molar-refractivity contribution in [3.05, 3.63) is 48.8 Å². The first-order chi connectivity index (χ1) is 9.75. The molecule has 3 aromatic heterocycles. The van der Waals surface area contributed by atoms with Gasteiger partial charge < -0.3 is 0 Å². The van der Waals surface area contributed by atoms with E-state index in [4.69, 9.17) is 5.11 Å². The van der Waals surface area contributed by atoms with Gasteiger partial charge in [-0.1, -0.05) is 0 Å². The third-order valence-corrected chi connectivity index (χ3v) is 4.77. The van der Waals surface area contributed by atoms with Gasteiger partial charge in [0.15, 0.2) is 0 Å². The van der Waals surface area contributed by atoms with E-state index in [2.05, 4.69) is 9.97 Å². The van der Waals surface area contributed by atoms with Crippen LogP contribution < -0.4 is 4.59 Å². The Labute approximate surface area is 121 Å². The first-order valence-corrected chi connectivity index (χ1v) is 8.05. The molecule has 0 saturated carbocycles. The number of carboxylic acids is 1. The molecule has 0 bridgehead atoms. The normalized spacial score (nSPS) is 10.8. The summed E-state index contributed by atoms with van der Waals surface area (Å²) in [5, 5.41) is 8.97. The number of aliphatic carboxylic acids is 1. The van der Waals surface area contributed by atoms with Crippen molar-refractivity contribution in [2.45, 2.75) is 5.32 Å². The van der Waals surface area contributed by atoms with Gasteiger partial charge in [0.05, 0.1) is 0 Å². The summed E-state index contributed by atoms with van der Waals surface area (Å²) in [6.07, 6.45) is 3.65. The molecule has 5 nitrogen and oxygen atoms in total. The molecule has 0 aromatic carbocycles. The topological polar surface area (TPSA) is 67.5 Å². The van der Waals surface area contributed by atoms with Crippen LogP contribution in [-0.4, -0.2) is 40.4 Å². The molecule has 0 aliphatic rings. The Morgan fingerprint density at radius 1 is 1.25 bits per heavy atom. The Morgan fingerprint density at radius 3 is 2.85 bits per heavy atom. The van der Waals surface area contributed by atoms with E-state index in [0.29, 0.717) is 0 Å². The van der Waals surface area contributed by atoms with Crippen LogP contribution in [0.25, 0.3) is 17.0 Å². The van der Waals surface area contributed by atoms with Crippen LogP contribution in [0.1, 0.15) is 0 Å². The first-order valence-electron chi connectivity index (χ1n) is 5.99. The number of hydrogen-bond acceptors (Lipinski definition) is 3. The Hall–Kier alpha value is -2.17. The summed E-state index contributed by atoms with van der Waals surface area (Å²) < 4.78 is 2.81. The summed E-state index contributed by atoms with van der Waals surface area (Å²) in [5.74, 6) is -0.0371. The molecule has 0 spiro atoms. The van der Waals surface area contributed by atoms with Crippen molar-refractivity contribution >= 4 is 31.0 Å². The molecule has 100 valence electrons. The van der Waals surface area contributed by atoms with E-state index in [1.165, 1.54) is 0 Å². The average Bonchev–Trinajstić information content (AvgIpc) is 2.85. The molecular weight excluding hydrogens is 321 g/mol. The van der Waals surface area contributed by atoms with E-state index in [1.54, 1.807) is 6.20 Å². The molecule has 0 atom stereocenters. The molecule has 0 amide bonds. The summed E-state index contributed by atoms with van der Waals surface area (Å²) in [5.41, 5.74) is 1.74. The first kappa shape index (κ1) is 12.8. The molecule has 3 aromatic rings. The summed E-state index contributed by atoms with van der Waals surface area (Å²) in [6, 6.07) is 11.5. The zero-order valence-electron chi connectivity index (χ0n) is 10.4. The quantitative estimate of drug-likeness (QED) is 0.730. The van der Waals surface area contributed by atoms with Crippen LogP contribution >= 0.6 is 0 Å². The van der Waals surface area contributed by atoms with Crippen molar-refractivity contribution in [3.63, 3.8) is 0 Å². The van der Waals surface area contributed by atoms with Gasteiger partial charge in [-0.25, -0.2) is 0 Å². The number of nitrogens with zero attached hydrogens (tertiary/aromatic N) is 3. The fraction of sp³-hybridized carbons (Fsp3) is 0.0714. The van der Waals surface area contributed by atoms with Gasteiger partial charge in [-0.3, -0.25) is 0 Å². The molecule has 0 unspecified atom stereocenters. The summed E-state index contributed by atoms with van der Waals surface area (Å²) in [4.78, 5) is 19.7. The Kier molecular flexibility index (Phi) is 3.50. The Bertz CT molecular complexity index is 755. The van der Waals surface area contributed by atoms with Crippen LogP contribution in [0.2, 0.25) is 5.32 Å². The second-order valence-corrected chi connectivity index (χ2v) is 6.12. The summed E-state index contributed by atoms with van der Waals surface area (Å²) in [6.45, 7) is 0. The molecule has 3 rings (SSSR count). The SMILES string of the molecule is O=C(O)C[Se]c1nc(-c2ccccn2)n2ccccc12. The zero-order chi connectivity index (χ0) is 13.9. The van der Waals surface area contributed by atoms with Crippen molar-refractivity contribution < 1.29 is 9.90 Å². The minimum atomic E-state index is -0.790. The summed E-state index contributed by atoms with van der Waals surface area (Å²) in [7, 11) is 0. The molecule has 0 aliphatic heterocycles. The Morgan fingerprint density at radius 2 is 2.10 bits per heavy atom. The van der Waals surface area contributed by atoms with Crippen molar-refractivity contribution in [1.29, 1.82) is 0 Å². The van der Waals surface area contributed by atoms with Crippen LogP contribution in [-0.2, 0) is 4.79 Å². The number of carbonyl (C=O) groups is 1. The molecule has 1 N–H and O–H groups in total. The summed E-state index contributed by atoms with van der Waals surface area (Å²) >= 11 is -0.189. The van der Waals surface area contributed by atoms with Gasteiger partial charge in [-0.15, -0.1) is 0 Å². The van der Waals surface area contributed by atoms with Crippen molar-refractivity contribution in [2.24, 2.45) is 0 Å². The molecule has 0 fully saturated rings. The van der Waals surface area contributed by atoms with Gasteiger partial charge in [0, 0.05) is 0 Å². The predicted molar refractivity (Wildman–Crippen MR) is 76.3 cm³/mol. The molecular formula is C14H11N3O2Se. The van der Waals surface area contributed by atoms with Crippen LogP contribution in [0.15, 0.2) is 48.8 Å². The maximum absolute atomic E-state index is 10.8. The molecule has 3 heterocycles. The van der Waals surface area contributed by atoms with E-state index in [-0.39, 0.29) is 20.3 Å². The third kappa shape index (κ3) is 2.43. The van der Waals surface area contributed by atoms with Gasteiger partial charge >= 0.3 is 121 Å². The van der Waals surface area contributed by atoms with Gasteiger partial charge in [-0.05, 0) is 0 Å². The molecule has 0 saturated heterocycles. The molecule has 6 heteroatoms. The number of hydrogen-bond donors (Lipinski definition) is 1. The number of pyridine rings is 2. The van der Waals surface area contributed by atoms with Crippen LogP contribution in [0.3, 0.4) is 0 Å². The van der Waals surface area contributed by atoms with E-state index < -0.39 is 5.97 Å². The number of fused-ring (bicyclic) bond motifs is 1. The van der Waals surface area contributed by atoms with E-state index in [9.17, 15) is 4.79 Å². The van der Waals surface area contributed by atoms with E-state index in [0.717, 1.165) is 21.6 Å². The fourth-order valence-corrected chi connectivity index (χ4v) is 3.44. The zero-order valence-corrected chi connectivity index (χ0v) is 12.1. The number of aromatic nitrogens is 3. The number of rotatable bonds is 4. The van der Waals surface area contributed by atoms with Gasteiger partial charge in [0.1, 0.15) is 0 Å². The molecule has 0 radical (unpaired) electrons. The van der Waals surface area contributed by atoms with Crippen molar-refractivity contribution in [3.8, 4) is 11.5 Å². The fourth-order valence-electron chi connectivity index (χ4n) is 1.92. The average molecular weight is 332 g/mol. The van der Waals surface area contributed by atoms with Crippen LogP contribution in [0, 0.1) is 0 Å². The monoisotopic (exact) mass is 333 g/mol. The van der Waals surface area contributed by atoms with Crippen molar-refractivity contribution in [1.82, 2.24) is 14.4 Å². The minimum absolute atomic E-state index is 0.135. The van der Waals surface area contributed by atoms with E-state index in [1.807, 2.05) is 47.0 Å². The van der Waals surface area contributed by atoms with Crippen molar-refractivity contribution in [2.75, 3.05) is 0 Å². The standard InChI is InChI=1S/C14H11N3O2Se/c18-12(19)9-20-14-11-6-2-4-8-17(11)13(16-14)10-5-1-3-7-15-10/h1-8H,9H2,(H,18,19). The second-order valence-electron chi connectivity index (χ2n) is 4.09. The van der Waals surface area contributed by atoms with E-state index >= 15 is 0 Å². The van der Waals surface area contributed by atoms with Gasteiger partial charge in [-0.2, -0.15) is 0 Å². The predicted octanol–water partition coefficient (Wildman–Crippen LogP) is 1.23. The maximum atomic E-state index is 10.8. The molecule has 20 heavy (non-hydrogen) atoms. The van der Waals surface area contributed by atoms with Crippen LogP contribution in [0.5, 0.6) is 0 Å². The van der Waals surface area contributed by atoms with Crippen LogP contribution in [0.4, 0.5) is 0 Å². The van der Waals surface area contributed by atoms with Gasteiger partial charge in [0.2, 0.25) is 0 Å².